The van der Waals surface area contributed by atoms with Crippen molar-refractivity contribution in [3.63, 3.8) is 0 Å². The van der Waals surface area contributed by atoms with Crippen molar-refractivity contribution in [3.8, 4) is 11.5 Å². The highest BCUT2D eigenvalue weighted by atomic mass is 35.5. The van der Waals surface area contributed by atoms with E-state index in [1.807, 2.05) is 24.3 Å². The standard InChI is InChI=1S/C17H18Cl2O/c1-17(2,3)13-7-9-14(10-8-13)20-16-12(11-18)5-4-6-15(16)19/h4-10H,11H2,1-3H3. The highest BCUT2D eigenvalue weighted by Crippen LogP contribution is 2.34. The molecule has 0 saturated carbocycles. The molecule has 20 heavy (non-hydrogen) atoms. The molecule has 2 aromatic rings. The van der Waals surface area contributed by atoms with Crippen molar-refractivity contribution in [2.45, 2.75) is 32.1 Å². The number of ether oxygens (including phenoxy) is 1. The Hall–Kier alpha value is -1.18. The van der Waals surface area contributed by atoms with E-state index in [0.29, 0.717) is 16.7 Å². The summed E-state index contributed by atoms with van der Waals surface area (Å²) in [5, 5.41) is 0.572. The first-order valence-corrected chi connectivity index (χ1v) is 7.45. The smallest absolute Gasteiger partial charge is 0.150 e. The maximum absolute atomic E-state index is 6.18. The Morgan fingerprint density at radius 3 is 2.20 bits per heavy atom. The lowest BCUT2D eigenvalue weighted by Gasteiger charge is -2.19. The van der Waals surface area contributed by atoms with Crippen molar-refractivity contribution in [3.05, 3.63) is 58.6 Å². The monoisotopic (exact) mass is 308 g/mol. The third kappa shape index (κ3) is 3.47. The molecule has 0 aliphatic carbocycles. The molecule has 0 saturated heterocycles. The highest BCUT2D eigenvalue weighted by Gasteiger charge is 2.14. The SMILES string of the molecule is CC(C)(C)c1ccc(Oc2c(Cl)cccc2CCl)cc1. The van der Waals surface area contributed by atoms with Gasteiger partial charge in [0.2, 0.25) is 0 Å². The Morgan fingerprint density at radius 1 is 1.00 bits per heavy atom. The van der Waals surface area contributed by atoms with Gasteiger partial charge in [-0.05, 0) is 29.2 Å². The zero-order chi connectivity index (χ0) is 14.8. The van der Waals surface area contributed by atoms with E-state index in [-0.39, 0.29) is 5.41 Å². The van der Waals surface area contributed by atoms with E-state index in [2.05, 4.69) is 32.9 Å². The predicted molar refractivity (Wildman–Crippen MR) is 86.2 cm³/mol. The van der Waals surface area contributed by atoms with Crippen LogP contribution in [0.15, 0.2) is 42.5 Å². The molecule has 0 fully saturated rings. The molecule has 0 atom stereocenters. The van der Waals surface area contributed by atoms with Crippen LogP contribution in [0.3, 0.4) is 0 Å². The summed E-state index contributed by atoms with van der Waals surface area (Å²) in [6.07, 6.45) is 0. The number of alkyl halides is 1. The molecule has 0 aliphatic heterocycles. The maximum atomic E-state index is 6.18. The minimum absolute atomic E-state index is 0.129. The summed E-state index contributed by atoms with van der Waals surface area (Å²) in [4.78, 5) is 0. The third-order valence-corrected chi connectivity index (χ3v) is 3.72. The first-order valence-electron chi connectivity index (χ1n) is 6.53. The summed E-state index contributed by atoms with van der Waals surface area (Å²) in [5.41, 5.74) is 2.28. The molecule has 0 spiro atoms. The van der Waals surface area contributed by atoms with Gasteiger partial charge in [0.1, 0.15) is 11.5 Å². The number of hydrogen-bond donors (Lipinski definition) is 0. The van der Waals surface area contributed by atoms with Gasteiger partial charge >= 0.3 is 0 Å². The molecule has 0 unspecified atom stereocenters. The van der Waals surface area contributed by atoms with E-state index in [9.17, 15) is 0 Å². The van der Waals surface area contributed by atoms with Gasteiger partial charge in [-0.1, -0.05) is 56.6 Å². The summed E-state index contributed by atoms with van der Waals surface area (Å²) in [7, 11) is 0. The number of rotatable bonds is 3. The molecule has 2 rings (SSSR count). The van der Waals surface area contributed by atoms with Crippen LogP contribution in [0.25, 0.3) is 0 Å². The third-order valence-electron chi connectivity index (χ3n) is 3.13. The van der Waals surface area contributed by atoms with Crippen LogP contribution in [0.5, 0.6) is 11.5 Å². The molecular weight excluding hydrogens is 291 g/mol. The Kier molecular flexibility index (Phi) is 4.62. The fraction of sp³-hybridized carbons (Fsp3) is 0.294. The second-order valence-corrected chi connectivity index (χ2v) is 6.41. The number of benzene rings is 2. The molecule has 3 heteroatoms. The van der Waals surface area contributed by atoms with Gasteiger partial charge in [-0.3, -0.25) is 0 Å². The normalized spacial score (nSPS) is 11.4. The second-order valence-electron chi connectivity index (χ2n) is 5.74. The van der Waals surface area contributed by atoms with E-state index in [1.54, 1.807) is 6.07 Å². The first-order chi connectivity index (χ1) is 9.41. The van der Waals surface area contributed by atoms with Crippen molar-refractivity contribution in [2.24, 2.45) is 0 Å². The topological polar surface area (TPSA) is 9.23 Å². The van der Waals surface area contributed by atoms with Gasteiger partial charge in [0, 0.05) is 5.56 Å². The minimum atomic E-state index is 0.129. The summed E-state index contributed by atoms with van der Waals surface area (Å²) in [6, 6.07) is 13.7. The zero-order valence-corrected chi connectivity index (χ0v) is 13.4. The Morgan fingerprint density at radius 2 is 1.65 bits per heavy atom. The van der Waals surface area contributed by atoms with Crippen LogP contribution in [-0.4, -0.2) is 0 Å². The summed E-state index contributed by atoms with van der Waals surface area (Å²) >= 11 is 12.1. The molecule has 1 nitrogen and oxygen atoms in total. The molecule has 0 bridgehead atoms. The van der Waals surface area contributed by atoms with Gasteiger partial charge in [0.15, 0.2) is 0 Å². The summed E-state index contributed by atoms with van der Waals surface area (Å²) in [6.45, 7) is 6.55. The predicted octanol–water partition coefficient (Wildman–Crippen LogP) is 6.17. The van der Waals surface area contributed by atoms with E-state index < -0.39 is 0 Å². The van der Waals surface area contributed by atoms with Crippen molar-refractivity contribution in [1.82, 2.24) is 0 Å². The molecule has 0 aromatic heterocycles. The van der Waals surface area contributed by atoms with Gasteiger partial charge in [0.05, 0.1) is 10.9 Å². The van der Waals surface area contributed by atoms with Crippen molar-refractivity contribution in [2.75, 3.05) is 0 Å². The lowest BCUT2D eigenvalue weighted by Crippen LogP contribution is -2.10. The lowest BCUT2D eigenvalue weighted by molar-refractivity contribution is 0.477. The summed E-state index contributed by atoms with van der Waals surface area (Å²) < 4.78 is 5.88. The van der Waals surface area contributed by atoms with Crippen LogP contribution in [0.2, 0.25) is 5.02 Å². The van der Waals surface area contributed by atoms with Gasteiger partial charge in [0.25, 0.3) is 0 Å². The van der Waals surface area contributed by atoms with E-state index in [4.69, 9.17) is 27.9 Å². The largest absolute Gasteiger partial charge is 0.455 e. The van der Waals surface area contributed by atoms with Crippen molar-refractivity contribution in [1.29, 1.82) is 0 Å². The van der Waals surface area contributed by atoms with E-state index >= 15 is 0 Å². The van der Waals surface area contributed by atoms with Crippen molar-refractivity contribution < 1.29 is 4.74 Å². The Labute approximate surface area is 130 Å². The second kappa shape index (κ2) is 6.07. The van der Waals surface area contributed by atoms with Gasteiger partial charge in [-0.2, -0.15) is 0 Å². The molecule has 0 N–H and O–H groups in total. The number of hydrogen-bond acceptors (Lipinski definition) is 1. The number of halogens is 2. The van der Waals surface area contributed by atoms with Crippen LogP contribution in [0.1, 0.15) is 31.9 Å². The quantitative estimate of drug-likeness (QED) is 0.616. The summed E-state index contributed by atoms with van der Waals surface area (Å²) in [5.74, 6) is 1.76. The maximum Gasteiger partial charge on any atom is 0.150 e. The molecular formula is C17H18Cl2O. The molecule has 2 aromatic carbocycles. The Bertz CT molecular complexity index is 583. The average molecular weight is 309 g/mol. The van der Waals surface area contributed by atoms with E-state index in [0.717, 1.165) is 11.3 Å². The van der Waals surface area contributed by atoms with Crippen LogP contribution >= 0.6 is 23.2 Å². The first kappa shape index (κ1) is 15.2. The molecule has 0 radical (unpaired) electrons. The average Bonchev–Trinajstić information content (AvgIpc) is 2.40. The fourth-order valence-corrected chi connectivity index (χ4v) is 2.36. The lowest BCUT2D eigenvalue weighted by atomic mass is 9.87. The van der Waals surface area contributed by atoms with E-state index in [1.165, 1.54) is 5.56 Å². The van der Waals surface area contributed by atoms with Gasteiger partial charge < -0.3 is 4.74 Å². The molecule has 106 valence electrons. The number of para-hydroxylation sites is 1. The Balaban J connectivity index is 2.27. The van der Waals surface area contributed by atoms with Crippen LogP contribution in [0.4, 0.5) is 0 Å². The molecule has 0 heterocycles. The van der Waals surface area contributed by atoms with Crippen LogP contribution in [-0.2, 0) is 11.3 Å². The highest BCUT2D eigenvalue weighted by molar-refractivity contribution is 6.32. The van der Waals surface area contributed by atoms with Crippen molar-refractivity contribution >= 4 is 23.2 Å². The van der Waals surface area contributed by atoms with Gasteiger partial charge in [-0.25, -0.2) is 0 Å². The zero-order valence-electron chi connectivity index (χ0n) is 11.9. The molecule has 0 amide bonds. The molecule has 0 aliphatic rings. The minimum Gasteiger partial charge on any atom is -0.455 e. The van der Waals surface area contributed by atoms with Crippen LogP contribution < -0.4 is 4.74 Å². The van der Waals surface area contributed by atoms with Gasteiger partial charge in [-0.15, -0.1) is 11.6 Å². The fourth-order valence-electron chi connectivity index (χ4n) is 1.91. The van der Waals surface area contributed by atoms with Crippen LogP contribution in [0, 0.1) is 0 Å².